The first-order chi connectivity index (χ1) is 8.04. The Kier molecular flexibility index (Phi) is 4.84. The molecule has 1 aromatic heterocycles. The fourth-order valence-electron chi connectivity index (χ4n) is 1.24. The molecule has 0 unspecified atom stereocenters. The van der Waals surface area contributed by atoms with Crippen molar-refractivity contribution in [2.45, 2.75) is 0 Å². The van der Waals surface area contributed by atoms with Crippen molar-refractivity contribution in [1.29, 1.82) is 0 Å². The molecule has 1 rings (SSSR count). The van der Waals surface area contributed by atoms with Gasteiger partial charge in [0, 0.05) is 27.2 Å². The molecule has 0 radical (unpaired) electrons. The smallest absolute Gasteiger partial charge is 0.271 e. The number of rotatable bonds is 5. The summed E-state index contributed by atoms with van der Waals surface area (Å²) in [6.07, 6.45) is 0. The zero-order valence-corrected chi connectivity index (χ0v) is 10.8. The van der Waals surface area contributed by atoms with E-state index in [0.29, 0.717) is 5.69 Å². The van der Waals surface area contributed by atoms with Crippen molar-refractivity contribution < 1.29 is 4.79 Å². The van der Waals surface area contributed by atoms with Gasteiger partial charge >= 0.3 is 0 Å². The maximum absolute atomic E-state index is 11.3. The summed E-state index contributed by atoms with van der Waals surface area (Å²) in [5.41, 5.74) is 0.331. The number of aromatic nitrogens is 2. The molecular weight excluding hydrogens is 218 g/mol. The molecular formula is C11H19N5O. The maximum Gasteiger partial charge on any atom is 0.271 e. The number of carbonyl (C=O) groups excluding carboxylic acids is 1. The lowest BCUT2D eigenvalue weighted by Crippen LogP contribution is -2.29. The van der Waals surface area contributed by atoms with Crippen molar-refractivity contribution in [2.75, 3.05) is 46.2 Å². The topological polar surface area (TPSA) is 61.4 Å². The van der Waals surface area contributed by atoms with Crippen LogP contribution in [-0.2, 0) is 0 Å². The summed E-state index contributed by atoms with van der Waals surface area (Å²) in [4.78, 5) is 15.4. The molecule has 1 aromatic rings. The predicted octanol–water partition coefficient (Wildman–Crippen LogP) is -0.166. The lowest BCUT2D eigenvalue weighted by molar-refractivity contribution is 0.0957. The summed E-state index contributed by atoms with van der Waals surface area (Å²) >= 11 is 0. The minimum Gasteiger partial charge on any atom is -0.357 e. The molecule has 17 heavy (non-hydrogen) atoms. The van der Waals surface area contributed by atoms with Gasteiger partial charge in [-0.1, -0.05) is 0 Å². The van der Waals surface area contributed by atoms with E-state index in [1.807, 2.05) is 26.0 Å². The SMILES string of the molecule is CNC(=O)c1ccc(N(C)CCN(C)C)nn1. The van der Waals surface area contributed by atoms with Crippen LogP contribution in [0.2, 0.25) is 0 Å². The van der Waals surface area contributed by atoms with Crippen molar-refractivity contribution in [2.24, 2.45) is 0 Å². The minimum absolute atomic E-state index is 0.222. The normalized spacial score (nSPS) is 10.4. The lowest BCUT2D eigenvalue weighted by atomic mass is 10.3. The van der Waals surface area contributed by atoms with Crippen molar-refractivity contribution in [3.63, 3.8) is 0 Å². The van der Waals surface area contributed by atoms with Gasteiger partial charge in [0.1, 0.15) is 0 Å². The van der Waals surface area contributed by atoms with Gasteiger partial charge in [-0.2, -0.15) is 0 Å². The molecule has 6 heteroatoms. The van der Waals surface area contributed by atoms with Crippen LogP contribution in [-0.4, -0.2) is 62.3 Å². The van der Waals surface area contributed by atoms with Gasteiger partial charge in [-0.15, -0.1) is 10.2 Å². The van der Waals surface area contributed by atoms with Crippen molar-refractivity contribution in [3.05, 3.63) is 17.8 Å². The molecule has 0 fully saturated rings. The molecule has 1 amide bonds. The molecule has 0 aliphatic rings. The summed E-state index contributed by atoms with van der Waals surface area (Å²) in [5, 5.41) is 10.4. The van der Waals surface area contributed by atoms with E-state index in [9.17, 15) is 4.79 Å². The van der Waals surface area contributed by atoms with Gasteiger partial charge in [0.2, 0.25) is 0 Å². The Labute approximate surface area is 102 Å². The van der Waals surface area contributed by atoms with Crippen LogP contribution in [0.25, 0.3) is 0 Å². The van der Waals surface area contributed by atoms with E-state index in [-0.39, 0.29) is 5.91 Å². The first-order valence-electron chi connectivity index (χ1n) is 5.46. The molecule has 0 aromatic carbocycles. The van der Waals surface area contributed by atoms with E-state index < -0.39 is 0 Å². The molecule has 94 valence electrons. The van der Waals surface area contributed by atoms with Crippen LogP contribution in [0.3, 0.4) is 0 Å². The molecule has 0 aliphatic heterocycles. The standard InChI is InChI=1S/C11H19N5O/c1-12-11(17)9-5-6-10(14-13-9)16(4)8-7-15(2)3/h5-6H,7-8H2,1-4H3,(H,12,17). The van der Waals surface area contributed by atoms with Gasteiger partial charge in [-0.05, 0) is 26.2 Å². The lowest BCUT2D eigenvalue weighted by Gasteiger charge is -2.19. The molecule has 0 spiro atoms. The second-order valence-electron chi connectivity index (χ2n) is 4.08. The number of nitrogens with one attached hydrogen (secondary N) is 1. The molecule has 0 saturated heterocycles. The van der Waals surface area contributed by atoms with Crippen LogP contribution in [0.15, 0.2) is 12.1 Å². The molecule has 1 N–H and O–H groups in total. The first kappa shape index (κ1) is 13.4. The minimum atomic E-state index is -0.222. The van der Waals surface area contributed by atoms with Crippen LogP contribution < -0.4 is 10.2 Å². The van der Waals surface area contributed by atoms with E-state index in [4.69, 9.17) is 0 Å². The highest BCUT2D eigenvalue weighted by Crippen LogP contribution is 2.06. The third kappa shape index (κ3) is 3.99. The monoisotopic (exact) mass is 237 g/mol. The highest BCUT2D eigenvalue weighted by Gasteiger charge is 2.07. The maximum atomic E-state index is 11.3. The van der Waals surface area contributed by atoms with Crippen LogP contribution in [0.1, 0.15) is 10.5 Å². The molecule has 0 saturated carbocycles. The fraction of sp³-hybridized carbons (Fsp3) is 0.545. The summed E-state index contributed by atoms with van der Waals surface area (Å²) in [5.74, 6) is 0.541. The van der Waals surface area contributed by atoms with E-state index in [1.165, 1.54) is 0 Å². The van der Waals surface area contributed by atoms with Gasteiger partial charge in [0.15, 0.2) is 11.5 Å². The number of carbonyl (C=O) groups is 1. The fourth-order valence-corrected chi connectivity index (χ4v) is 1.24. The van der Waals surface area contributed by atoms with E-state index in [2.05, 4.69) is 20.4 Å². The number of hydrogen-bond donors (Lipinski definition) is 1. The third-order valence-corrected chi connectivity index (χ3v) is 2.38. The van der Waals surface area contributed by atoms with Crippen molar-refractivity contribution >= 4 is 11.7 Å². The molecule has 0 bridgehead atoms. The van der Waals surface area contributed by atoms with Crippen molar-refractivity contribution in [1.82, 2.24) is 20.4 Å². The Morgan fingerprint density at radius 1 is 1.24 bits per heavy atom. The van der Waals surface area contributed by atoms with Crippen LogP contribution in [0.5, 0.6) is 0 Å². The first-order valence-corrected chi connectivity index (χ1v) is 5.46. The van der Waals surface area contributed by atoms with E-state index in [0.717, 1.165) is 18.9 Å². The second kappa shape index (κ2) is 6.15. The Hall–Kier alpha value is -1.69. The Morgan fingerprint density at radius 2 is 1.94 bits per heavy atom. The van der Waals surface area contributed by atoms with Crippen LogP contribution in [0, 0.1) is 0 Å². The summed E-state index contributed by atoms with van der Waals surface area (Å²) < 4.78 is 0. The zero-order chi connectivity index (χ0) is 12.8. The van der Waals surface area contributed by atoms with Gasteiger partial charge in [0.05, 0.1) is 0 Å². The summed E-state index contributed by atoms with van der Waals surface area (Å²) in [7, 11) is 7.57. The Morgan fingerprint density at radius 3 is 2.41 bits per heavy atom. The van der Waals surface area contributed by atoms with Crippen LogP contribution in [0.4, 0.5) is 5.82 Å². The number of anilines is 1. The Bertz CT molecular complexity index is 363. The predicted molar refractivity (Wildman–Crippen MR) is 67.2 cm³/mol. The van der Waals surface area contributed by atoms with Crippen LogP contribution >= 0.6 is 0 Å². The average molecular weight is 237 g/mol. The highest BCUT2D eigenvalue weighted by atomic mass is 16.1. The Balaban J connectivity index is 2.63. The van der Waals surface area contributed by atoms with E-state index >= 15 is 0 Å². The van der Waals surface area contributed by atoms with Crippen molar-refractivity contribution in [3.8, 4) is 0 Å². The summed E-state index contributed by atoms with van der Waals surface area (Å²) in [6, 6.07) is 3.47. The second-order valence-corrected chi connectivity index (χ2v) is 4.08. The number of likely N-dealkylation sites (N-methyl/N-ethyl adjacent to an activating group) is 2. The molecule has 6 nitrogen and oxygen atoms in total. The number of hydrogen-bond acceptors (Lipinski definition) is 5. The molecule has 0 aliphatic carbocycles. The summed E-state index contributed by atoms with van der Waals surface area (Å²) in [6.45, 7) is 1.80. The van der Waals surface area contributed by atoms with Gasteiger partial charge in [0.25, 0.3) is 5.91 Å². The third-order valence-electron chi connectivity index (χ3n) is 2.38. The zero-order valence-electron chi connectivity index (χ0n) is 10.8. The highest BCUT2D eigenvalue weighted by molar-refractivity contribution is 5.91. The van der Waals surface area contributed by atoms with Gasteiger partial charge < -0.3 is 15.1 Å². The molecule has 0 atom stereocenters. The van der Waals surface area contributed by atoms with Gasteiger partial charge in [-0.25, -0.2) is 0 Å². The number of amides is 1. The quantitative estimate of drug-likeness (QED) is 0.770. The average Bonchev–Trinajstić information content (AvgIpc) is 2.35. The van der Waals surface area contributed by atoms with Gasteiger partial charge in [-0.3, -0.25) is 4.79 Å². The molecule has 1 heterocycles. The van der Waals surface area contributed by atoms with E-state index in [1.54, 1.807) is 19.2 Å². The largest absolute Gasteiger partial charge is 0.357 e. The number of nitrogens with zero attached hydrogens (tertiary/aromatic N) is 4.